The topological polar surface area (TPSA) is 111 Å². The Bertz CT molecular complexity index is 1290. The normalized spacial score (nSPS) is 11.1. The van der Waals surface area contributed by atoms with E-state index in [1.807, 2.05) is 51.6 Å². The lowest BCUT2D eigenvalue weighted by Crippen LogP contribution is -2.02. The molecule has 8 heteroatoms. The van der Waals surface area contributed by atoms with Crippen molar-refractivity contribution < 1.29 is 0 Å². The fourth-order valence-corrected chi connectivity index (χ4v) is 3.63. The van der Waals surface area contributed by atoms with E-state index in [0.717, 1.165) is 33.9 Å². The summed E-state index contributed by atoms with van der Waals surface area (Å²) in [5.74, 6) is 0.182. The number of anilines is 1. The number of nitrogens with two attached hydrogens (primary N) is 1. The van der Waals surface area contributed by atoms with Crippen LogP contribution in [-0.4, -0.2) is 29.4 Å². The zero-order valence-electron chi connectivity index (χ0n) is 16.4. The molecule has 0 aliphatic heterocycles. The van der Waals surface area contributed by atoms with Crippen LogP contribution >= 0.6 is 0 Å². The maximum absolute atomic E-state index is 9.72. The summed E-state index contributed by atoms with van der Waals surface area (Å²) >= 11 is 0. The van der Waals surface area contributed by atoms with Crippen LogP contribution in [0.25, 0.3) is 28.0 Å². The molecule has 0 saturated heterocycles. The summed E-state index contributed by atoms with van der Waals surface area (Å²) in [5.41, 5.74) is 13.9. The summed E-state index contributed by atoms with van der Waals surface area (Å²) in [6, 6.07) is 6.03. The summed E-state index contributed by atoms with van der Waals surface area (Å²) in [4.78, 5) is 9.12. The van der Waals surface area contributed by atoms with Crippen molar-refractivity contribution in [2.75, 3.05) is 5.73 Å². The fraction of sp³-hybridized carbons (Fsp3) is 0.250. The first-order valence-corrected chi connectivity index (χ1v) is 8.85. The standard InChI is InChI=1S/C20H20N8/c1-10-6-11(2)28-20(24-10)16(9-23-28)14-7-17(25-19(22)15(14)8-21)18-12(3)26-27(5)13(18)4/h6-7,9H,1-5H3,(H2,22,25). The first-order valence-electron chi connectivity index (χ1n) is 8.85. The van der Waals surface area contributed by atoms with Crippen LogP contribution in [0.3, 0.4) is 0 Å². The van der Waals surface area contributed by atoms with Gasteiger partial charge in [-0.3, -0.25) is 4.68 Å². The van der Waals surface area contributed by atoms with E-state index >= 15 is 0 Å². The molecule has 0 aromatic carbocycles. The highest BCUT2D eigenvalue weighted by molar-refractivity contribution is 5.86. The second kappa shape index (κ2) is 6.16. The number of fused-ring (bicyclic) bond motifs is 1. The molecule has 140 valence electrons. The lowest BCUT2D eigenvalue weighted by molar-refractivity contribution is 0.731. The van der Waals surface area contributed by atoms with Gasteiger partial charge >= 0.3 is 0 Å². The maximum atomic E-state index is 9.72. The van der Waals surface area contributed by atoms with Crippen molar-refractivity contribution in [2.24, 2.45) is 7.05 Å². The minimum Gasteiger partial charge on any atom is -0.383 e. The molecular formula is C20H20N8. The number of rotatable bonds is 2. The van der Waals surface area contributed by atoms with E-state index in [-0.39, 0.29) is 5.82 Å². The molecule has 0 aliphatic rings. The summed E-state index contributed by atoms with van der Waals surface area (Å²) in [6.45, 7) is 7.82. The zero-order chi connectivity index (χ0) is 20.2. The van der Waals surface area contributed by atoms with Gasteiger partial charge in [-0.05, 0) is 39.8 Å². The molecule has 4 aromatic rings. The largest absolute Gasteiger partial charge is 0.383 e. The minimum absolute atomic E-state index is 0.182. The van der Waals surface area contributed by atoms with Crippen LogP contribution in [0.1, 0.15) is 28.3 Å². The van der Waals surface area contributed by atoms with E-state index in [1.165, 1.54) is 0 Å². The number of hydrogen-bond acceptors (Lipinski definition) is 6. The average Bonchev–Trinajstić information content (AvgIpc) is 3.15. The summed E-state index contributed by atoms with van der Waals surface area (Å²) < 4.78 is 3.57. The van der Waals surface area contributed by atoms with Crippen LogP contribution in [0.15, 0.2) is 18.3 Å². The lowest BCUT2D eigenvalue weighted by Gasteiger charge is -2.10. The van der Waals surface area contributed by atoms with Gasteiger partial charge in [-0.25, -0.2) is 14.5 Å². The van der Waals surface area contributed by atoms with Gasteiger partial charge in [-0.15, -0.1) is 0 Å². The van der Waals surface area contributed by atoms with Crippen LogP contribution in [0.5, 0.6) is 0 Å². The molecule has 8 nitrogen and oxygen atoms in total. The van der Waals surface area contributed by atoms with Crippen molar-refractivity contribution in [2.45, 2.75) is 27.7 Å². The van der Waals surface area contributed by atoms with Crippen LogP contribution in [0.4, 0.5) is 5.82 Å². The summed E-state index contributed by atoms with van der Waals surface area (Å²) in [5, 5.41) is 18.6. The Balaban J connectivity index is 2.05. The van der Waals surface area contributed by atoms with Crippen molar-refractivity contribution >= 4 is 11.5 Å². The maximum Gasteiger partial charge on any atom is 0.163 e. The van der Waals surface area contributed by atoms with Crippen molar-refractivity contribution in [1.82, 2.24) is 29.4 Å². The summed E-state index contributed by atoms with van der Waals surface area (Å²) in [6.07, 6.45) is 1.72. The Morgan fingerprint density at radius 1 is 1.07 bits per heavy atom. The predicted octanol–water partition coefficient (Wildman–Crippen LogP) is 2.88. The van der Waals surface area contributed by atoms with Gasteiger partial charge in [0.2, 0.25) is 0 Å². The van der Waals surface area contributed by atoms with Crippen molar-refractivity contribution in [1.29, 1.82) is 5.26 Å². The molecule has 4 aromatic heterocycles. The highest BCUT2D eigenvalue weighted by Gasteiger charge is 2.21. The number of nitrogens with zero attached hydrogens (tertiary/aromatic N) is 7. The van der Waals surface area contributed by atoms with Gasteiger partial charge in [-0.1, -0.05) is 0 Å². The van der Waals surface area contributed by atoms with E-state index in [0.29, 0.717) is 22.5 Å². The summed E-state index contributed by atoms with van der Waals surface area (Å²) in [7, 11) is 1.89. The molecule has 0 amide bonds. The van der Waals surface area contributed by atoms with Gasteiger partial charge in [0.15, 0.2) is 5.65 Å². The van der Waals surface area contributed by atoms with E-state index < -0.39 is 0 Å². The van der Waals surface area contributed by atoms with Crippen molar-refractivity contribution in [3.8, 4) is 28.5 Å². The second-order valence-corrected chi connectivity index (χ2v) is 6.93. The molecule has 0 spiro atoms. The lowest BCUT2D eigenvalue weighted by atomic mass is 9.99. The number of nitrogen functional groups attached to an aromatic ring is 1. The molecule has 0 atom stereocenters. The number of pyridine rings is 1. The average molecular weight is 372 g/mol. The molecule has 4 heterocycles. The molecule has 0 unspecified atom stereocenters. The Kier molecular flexibility index (Phi) is 3.89. The van der Waals surface area contributed by atoms with Gasteiger partial charge in [-0.2, -0.15) is 15.5 Å². The number of nitriles is 1. The molecule has 0 fully saturated rings. The van der Waals surface area contributed by atoms with Gasteiger partial charge in [0, 0.05) is 40.8 Å². The van der Waals surface area contributed by atoms with Crippen molar-refractivity contribution in [3.63, 3.8) is 0 Å². The highest BCUT2D eigenvalue weighted by Crippen LogP contribution is 2.35. The molecule has 0 radical (unpaired) electrons. The monoisotopic (exact) mass is 372 g/mol. The van der Waals surface area contributed by atoms with Gasteiger partial charge in [0.1, 0.15) is 17.5 Å². The third kappa shape index (κ3) is 2.52. The van der Waals surface area contributed by atoms with Gasteiger partial charge < -0.3 is 5.73 Å². The molecule has 0 aliphatic carbocycles. The molecular weight excluding hydrogens is 352 g/mol. The Labute approximate surface area is 162 Å². The third-order valence-electron chi connectivity index (χ3n) is 4.99. The van der Waals surface area contributed by atoms with Gasteiger partial charge in [0.05, 0.1) is 17.6 Å². The zero-order valence-corrected chi connectivity index (χ0v) is 16.4. The van der Waals surface area contributed by atoms with E-state index in [1.54, 1.807) is 10.7 Å². The van der Waals surface area contributed by atoms with Crippen molar-refractivity contribution in [3.05, 3.63) is 46.7 Å². The minimum atomic E-state index is 0.182. The quantitative estimate of drug-likeness (QED) is 0.579. The number of hydrogen-bond donors (Lipinski definition) is 1. The molecule has 0 saturated carbocycles. The highest BCUT2D eigenvalue weighted by atomic mass is 15.3. The molecule has 0 bridgehead atoms. The van der Waals surface area contributed by atoms with E-state index in [9.17, 15) is 5.26 Å². The van der Waals surface area contributed by atoms with Crippen LogP contribution < -0.4 is 5.73 Å². The Hall–Kier alpha value is -3.73. The first-order chi connectivity index (χ1) is 13.3. The SMILES string of the molecule is Cc1cc(C)n2ncc(-c3cc(-c4c(C)nn(C)c4C)nc(N)c3C#N)c2n1. The predicted molar refractivity (Wildman–Crippen MR) is 106 cm³/mol. The molecule has 28 heavy (non-hydrogen) atoms. The second-order valence-electron chi connectivity index (χ2n) is 6.93. The molecule has 2 N–H and O–H groups in total. The molecule has 4 rings (SSSR count). The number of aromatic nitrogens is 6. The van der Waals surface area contributed by atoms with Crippen LogP contribution in [0, 0.1) is 39.0 Å². The Morgan fingerprint density at radius 3 is 2.46 bits per heavy atom. The Morgan fingerprint density at radius 2 is 1.82 bits per heavy atom. The first kappa shape index (κ1) is 17.7. The number of aryl methyl sites for hydroxylation is 4. The van der Waals surface area contributed by atoms with Gasteiger partial charge in [0.25, 0.3) is 0 Å². The fourth-order valence-electron chi connectivity index (χ4n) is 3.63. The van der Waals surface area contributed by atoms with Crippen LogP contribution in [-0.2, 0) is 7.05 Å². The van der Waals surface area contributed by atoms with E-state index in [4.69, 9.17) is 5.73 Å². The van der Waals surface area contributed by atoms with Crippen LogP contribution in [0.2, 0.25) is 0 Å². The van der Waals surface area contributed by atoms with E-state index in [2.05, 4.69) is 26.2 Å². The third-order valence-corrected chi connectivity index (χ3v) is 4.99. The smallest absolute Gasteiger partial charge is 0.163 e.